The molecule has 1 rings (SSSR count). The van der Waals surface area contributed by atoms with Gasteiger partial charge < -0.3 is 5.32 Å². The summed E-state index contributed by atoms with van der Waals surface area (Å²) >= 11 is 0. The van der Waals surface area contributed by atoms with Crippen LogP contribution in [0.15, 0.2) is 11.6 Å². The summed E-state index contributed by atoms with van der Waals surface area (Å²) in [7, 11) is 0. The van der Waals surface area contributed by atoms with Crippen LogP contribution >= 0.6 is 0 Å². The summed E-state index contributed by atoms with van der Waals surface area (Å²) in [5.41, 5.74) is 0.442. The molecule has 0 saturated heterocycles. The van der Waals surface area contributed by atoms with Crippen LogP contribution in [0.2, 0.25) is 0 Å². The maximum atomic E-state index is 11.3. The van der Waals surface area contributed by atoms with Crippen molar-refractivity contribution >= 4 is 17.7 Å². The topological polar surface area (TPSA) is 66.5 Å². The number of nitrogens with one attached hydrogen (secondary N) is 1. The van der Waals surface area contributed by atoms with Crippen LogP contribution in [0.5, 0.6) is 0 Å². The molecule has 76 valence electrons. The van der Waals surface area contributed by atoms with Crippen LogP contribution in [-0.4, -0.2) is 35.7 Å². The predicted octanol–water partition coefficient (Wildman–Crippen LogP) is -0.562. The van der Waals surface area contributed by atoms with Gasteiger partial charge in [0.25, 0.3) is 11.8 Å². The van der Waals surface area contributed by atoms with Gasteiger partial charge in [-0.1, -0.05) is 0 Å². The Bertz CT molecular complexity index is 320. The first kappa shape index (κ1) is 10.4. The molecular formula is C9H12N2O3. The van der Waals surface area contributed by atoms with E-state index in [1.165, 1.54) is 13.0 Å². The molecular weight excluding hydrogens is 184 g/mol. The van der Waals surface area contributed by atoms with E-state index in [0.717, 1.165) is 4.90 Å². The van der Waals surface area contributed by atoms with Gasteiger partial charge in [-0.2, -0.15) is 0 Å². The molecule has 0 aromatic rings. The molecule has 0 fully saturated rings. The molecule has 0 spiro atoms. The van der Waals surface area contributed by atoms with Crippen LogP contribution in [0.4, 0.5) is 0 Å². The van der Waals surface area contributed by atoms with Crippen molar-refractivity contribution in [1.82, 2.24) is 10.2 Å². The first-order valence-electron chi connectivity index (χ1n) is 4.31. The highest BCUT2D eigenvalue weighted by Crippen LogP contribution is 2.10. The average Bonchev–Trinajstić information content (AvgIpc) is 2.31. The summed E-state index contributed by atoms with van der Waals surface area (Å²) in [5, 5.41) is 2.52. The lowest BCUT2D eigenvalue weighted by Gasteiger charge is -2.13. The highest BCUT2D eigenvalue weighted by atomic mass is 16.2. The Balaban J connectivity index is 2.44. The van der Waals surface area contributed by atoms with E-state index in [0.29, 0.717) is 12.1 Å². The standard InChI is InChI=1S/C9H12N2O3/c1-6-5-8(13)11(9(6)14)4-3-10-7(2)12/h5H,3-4H2,1-2H3,(H,10,12). The van der Waals surface area contributed by atoms with Crippen LogP contribution in [0.1, 0.15) is 13.8 Å². The van der Waals surface area contributed by atoms with Crippen molar-refractivity contribution in [3.05, 3.63) is 11.6 Å². The maximum absolute atomic E-state index is 11.3. The zero-order valence-electron chi connectivity index (χ0n) is 8.16. The summed E-state index contributed by atoms with van der Waals surface area (Å²) in [5.74, 6) is -0.757. The van der Waals surface area contributed by atoms with Gasteiger partial charge in [0.05, 0.1) is 0 Å². The van der Waals surface area contributed by atoms with E-state index in [-0.39, 0.29) is 24.3 Å². The van der Waals surface area contributed by atoms with Crippen molar-refractivity contribution in [3.8, 4) is 0 Å². The molecule has 0 atom stereocenters. The van der Waals surface area contributed by atoms with Crippen molar-refractivity contribution in [1.29, 1.82) is 0 Å². The quantitative estimate of drug-likeness (QED) is 0.615. The van der Waals surface area contributed by atoms with Crippen molar-refractivity contribution < 1.29 is 14.4 Å². The number of hydrogen-bond donors (Lipinski definition) is 1. The van der Waals surface area contributed by atoms with E-state index in [1.54, 1.807) is 6.92 Å². The van der Waals surface area contributed by atoms with E-state index in [4.69, 9.17) is 0 Å². The second kappa shape index (κ2) is 4.04. The zero-order valence-corrected chi connectivity index (χ0v) is 8.16. The van der Waals surface area contributed by atoms with Gasteiger partial charge in [0.15, 0.2) is 0 Å². The zero-order chi connectivity index (χ0) is 10.7. The first-order chi connectivity index (χ1) is 6.52. The summed E-state index contributed by atoms with van der Waals surface area (Å²) < 4.78 is 0. The molecule has 0 saturated carbocycles. The first-order valence-corrected chi connectivity index (χ1v) is 4.31. The van der Waals surface area contributed by atoms with Gasteiger partial charge in [0.2, 0.25) is 5.91 Å². The number of hydrogen-bond acceptors (Lipinski definition) is 3. The Kier molecular flexibility index (Phi) is 3.01. The SMILES string of the molecule is CC(=O)NCCN1C(=O)C=C(C)C1=O. The fourth-order valence-corrected chi connectivity index (χ4v) is 1.19. The van der Waals surface area contributed by atoms with Gasteiger partial charge in [0, 0.05) is 31.7 Å². The fraction of sp³-hybridized carbons (Fsp3) is 0.444. The molecule has 0 bridgehead atoms. The molecule has 0 aliphatic carbocycles. The fourth-order valence-electron chi connectivity index (χ4n) is 1.19. The van der Waals surface area contributed by atoms with E-state index < -0.39 is 0 Å². The van der Waals surface area contributed by atoms with Crippen LogP contribution in [-0.2, 0) is 14.4 Å². The molecule has 1 heterocycles. The number of rotatable bonds is 3. The number of carbonyl (C=O) groups excluding carboxylic acids is 3. The van der Waals surface area contributed by atoms with Crippen molar-refractivity contribution in [2.24, 2.45) is 0 Å². The normalized spacial score (nSPS) is 15.9. The molecule has 3 amide bonds. The Labute approximate surface area is 81.8 Å². The minimum Gasteiger partial charge on any atom is -0.355 e. The van der Waals surface area contributed by atoms with Crippen molar-refractivity contribution in [2.45, 2.75) is 13.8 Å². The number of nitrogens with zero attached hydrogens (tertiary/aromatic N) is 1. The molecule has 1 aliphatic heterocycles. The molecule has 5 nitrogen and oxygen atoms in total. The minimum atomic E-state index is -0.308. The van der Waals surface area contributed by atoms with Gasteiger partial charge in [-0.05, 0) is 6.92 Å². The number of carbonyl (C=O) groups is 3. The van der Waals surface area contributed by atoms with E-state index in [9.17, 15) is 14.4 Å². The Morgan fingerprint density at radius 2 is 2.14 bits per heavy atom. The van der Waals surface area contributed by atoms with E-state index in [2.05, 4.69) is 5.32 Å². The molecule has 0 radical (unpaired) electrons. The third kappa shape index (κ3) is 2.18. The second-order valence-corrected chi connectivity index (χ2v) is 3.11. The Hall–Kier alpha value is -1.65. The van der Waals surface area contributed by atoms with Gasteiger partial charge in [-0.3, -0.25) is 19.3 Å². The smallest absolute Gasteiger partial charge is 0.256 e. The molecule has 1 N–H and O–H groups in total. The van der Waals surface area contributed by atoms with Crippen LogP contribution in [0.25, 0.3) is 0 Å². The van der Waals surface area contributed by atoms with Crippen molar-refractivity contribution in [2.75, 3.05) is 13.1 Å². The molecule has 5 heteroatoms. The highest BCUT2D eigenvalue weighted by Gasteiger charge is 2.27. The molecule has 1 aliphatic rings. The summed E-state index contributed by atoms with van der Waals surface area (Å²) in [4.78, 5) is 34.2. The lowest BCUT2D eigenvalue weighted by Crippen LogP contribution is -2.38. The largest absolute Gasteiger partial charge is 0.355 e. The van der Waals surface area contributed by atoms with Gasteiger partial charge in [-0.15, -0.1) is 0 Å². The molecule has 0 aromatic carbocycles. The average molecular weight is 196 g/mol. The van der Waals surface area contributed by atoms with Crippen LogP contribution in [0.3, 0.4) is 0 Å². The Morgan fingerprint density at radius 3 is 2.57 bits per heavy atom. The van der Waals surface area contributed by atoms with Crippen LogP contribution < -0.4 is 5.32 Å². The summed E-state index contributed by atoms with van der Waals surface area (Å²) in [6.45, 7) is 3.51. The lowest BCUT2D eigenvalue weighted by atomic mass is 10.3. The van der Waals surface area contributed by atoms with Gasteiger partial charge >= 0.3 is 0 Å². The number of imide groups is 1. The highest BCUT2D eigenvalue weighted by molar-refractivity contribution is 6.15. The van der Waals surface area contributed by atoms with Crippen LogP contribution in [0, 0.1) is 0 Å². The Morgan fingerprint density at radius 1 is 1.50 bits per heavy atom. The third-order valence-electron chi connectivity index (χ3n) is 1.90. The lowest BCUT2D eigenvalue weighted by molar-refractivity contribution is -0.137. The molecule has 0 unspecified atom stereocenters. The monoisotopic (exact) mass is 196 g/mol. The predicted molar refractivity (Wildman–Crippen MR) is 49.2 cm³/mol. The van der Waals surface area contributed by atoms with Crippen molar-refractivity contribution in [3.63, 3.8) is 0 Å². The number of amides is 3. The molecule has 0 aromatic heterocycles. The molecule has 14 heavy (non-hydrogen) atoms. The second-order valence-electron chi connectivity index (χ2n) is 3.11. The maximum Gasteiger partial charge on any atom is 0.256 e. The summed E-state index contributed by atoms with van der Waals surface area (Å²) in [6.07, 6.45) is 1.30. The summed E-state index contributed by atoms with van der Waals surface area (Å²) in [6, 6.07) is 0. The van der Waals surface area contributed by atoms with Gasteiger partial charge in [-0.25, -0.2) is 0 Å². The van der Waals surface area contributed by atoms with E-state index in [1.807, 2.05) is 0 Å². The minimum absolute atomic E-state index is 0.172. The van der Waals surface area contributed by atoms with E-state index >= 15 is 0 Å². The third-order valence-corrected chi connectivity index (χ3v) is 1.90. The van der Waals surface area contributed by atoms with Gasteiger partial charge in [0.1, 0.15) is 0 Å².